The second kappa shape index (κ2) is 6.90. The Morgan fingerprint density at radius 3 is 2.55 bits per heavy atom. The summed E-state index contributed by atoms with van der Waals surface area (Å²) >= 11 is 3.22. The maximum atomic E-state index is 11.9. The van der Waals surface area contributed by atoms with Crippen LogP contribution >= 0.6 is 15.9 Å². The van der Waals surface area contributed by atoms with E-state index in [1.807, 2.05) is 0 Å². The lowest BCUT2D eigenvalue weighted by Gasteiger charge is -2.13. The Labute approximate surface area is 123 Å². The molecule has 1 aromatic carbocycles. The molecule has 0 aromatic heterocycles. The Balaban J connectivity index is 2.86. The van der Waals surface area contributed by atoms with Gasteiger partial charge in [0.1, 0.15) is 11.8 Å². The molecule has 0 unspecified atom stereocenters. The topological polar surface area (TPSA) is 119 Å². The summed E-state index contributed by atoms with van der Waals surface area (Å²) < 4.78 is 5.57. The number of benzene rings is 1. The van der Waals surface area contributed by atoms with Gasteiger partial charge in [-0.15, -0.1) is 0 Å². The second-order valence-corrected chi connectivity index (χ2v) is 4.74. The monoisotopic (exact) mass is 344 g/mol. The van der Waals surface area contributed by atoms with Gasteiger partial charge in [-0.25, -0.2) is 4.79 Å². The third-order valence-corrected chi connectivity index (χ3v) is 3.04. The van der Waals surface area contributed by atoms with Crippen LogP contribution in [0.1, 0.15) is 16.8 Å². The molecule has 0 bridgehead atoms. The minimum absolute atomic E-state index is 0.230. The fourth-order valence-corrected chi connectivity index (χ4v) is 1.99. The first-order chi connectivity index (χ1) is 9.35. The van der Waals surface area contributed by atoms with Crippen molar-refractivity contribution in [2.75, 3.05) is 7.11 Å². The van der Waals surface area contributed by atoms with Crippen molar-refractivity contribution < 1.29 is 24.2 Å². The lowest BCUT2D eigenvalue weighted by molar-refractivity contribution is -0.140. The summed E-state index contributed by atoms with van der Waals surface area (Å²) in [4.78, 5) is 33.6. The van der Waals surface area contributed by atoms with Crippen LogP contribution in [0.15, 0.2) is 22.7 Å². The molecule has 2 amide bonds. The molecule has 1 rings (SSSR count). The average molecular weight is 345 g/mol. The molecule has 0 aliphatic carbocycles. The minimum atomic E-state index is -1.36. The fourth-order valence-electron chi connectivity index (χ4n) is 1.45. The van der Waals surface area contributed by atoms with Crippen LogP contribution in [0.3, 0.4) is 0 Å². The number of carbonyl (C=O) groups is 3. The van der Waals surface area contributed by atoms with Crippen molar-refractivity contribution in [1.29, 1.82) is 0 Å². The van der Waals surface area contributed by atoms with E-state index in [4.69, 9.17) is 15.6 Å². The van der Waals surface area contributed by atoms with Crippen molar-refractivity contribution >= 4 is 33.7 Å². The summed E-state index contributed by atoms with van der Waals surface area (Å²) in [6, 6.07) is 3.16. The van der Waals surface area contributed by atoms with E-state index in [9.17, 15) is 14.4 Å². The van der Waals surface area contributed by atoms with Gasteiger partial charge in [0.15, 0.2) is 0 Å². The van der Waals surface area contributed by atoms with Crippen LogP contribution in [0.25, 0.3) is 0 Å². The number of ether oxygens (including phenoxy) is 1. The molecule has 0 spiro atoms. The largest absolute Gasteiger partial charge is 0.496 e. The standard InChI is InChI=1S/C12H13BrN2O5/c1-20-9-3-2-6(4-7(9)13)11(17)15-8(12(18)19)5-10(14)16/h2-4,8H,5H2,1H3,(H2,14,16)(H,15,17)(H,18,19)/t8-/m1/s1. The molecule has 0 aliphatic heterocycles. The number of methoxy groups -OCH3 is 1. The highest BCUT2D eigenvalue weighted by molar-refractivity contribution is 9.10. The highest BCUT2D eigenvalue weighted by Crippen LogP contribution is 2.25. The van der Waals surface area contributed by atoms with Crippen molar-refractivity contribution in [3.63, 3.8) is 0 Å². The van der Waals surface area contributed by atoms with Crippen LogP contribution in [-0.4, -0.2) is 36.0 Å². The van der Waals surface area contributed by atoms with Crippen LogP contribution in [0.5, 0.6) is 5.75 Å². The molecule has 0 heterocycles. The van der Waals surface area contributed by atoms with Crippen LogP contribution in [0, 0.1) is 0 Å². The zero-order valence-electron chi connectivity index (χ0n) is 10.6. The number of nitrogens with two attached hydrogens (primary N) is 1. The van der Waals surface area contributed by atoms with Crippen molar-refractivity contribution in [2.45, 2.75) is 12.5 Å². The van der Waals surface area contributed by atoms with E-state index >= 15 is 0 Å². The third-order valence-electron chi connectivity index (χ3n) is 2.42. The number of amides is 2. The Kier molecular flexibility index (Phi) is 5.51. The van der Waals surface area contributed by atoms with Gasteiger partial charge in [0.05, 0.1) is 18.0 Å². The zero-order valence-corrected chi connectivity index (χ0v) is 12.1. The van der Waals surface area contributed by atoms with Gasteiger partial charge in [-0.2, -0.15) is 0 Å². The summed E-state index contributed by atoms with van der Waals surface area (Å²) in [5.74, 6) is -2.23. The van der Waals surface area contributed by atoms with Crippen molar-refractivity contribution in [2.24, 2.45) is 5.73 Å². The van der Waals surface area contributed by atoms with Crippen LogP contribution < -0.4 is 15.8 Å². The second-order valence-electron chi connectivity index (χ2n) is 3.88. The van der Waals surface area contributed by atoms with Gasteiger partial charge in [0.25, 0.3) is 5.91 Å². The molecular weight excluding hydrogens is 332 g/mol. The molecule has 8 heteroatoms. The Morgan fingerprint density at radius 2 is 2.10 bits per heavy atom. The predicted molar refractivity (Wildman–Crippen MR) is 73.4 cm³/mol. The molecule has 0 saturated carbocycles. The molecule has 20 heavy (non-hydrogen) atoms. The van der Waals surface area contributed by atoms with Crippen LogP contribution in [0.2, 0.25) is 0 Å². The average Bonchev–Trinajstić information content (AvgIpc) is 2.37. The molecule has 4 N–H and O–H groups in total. The highest BCUT2D eigenvalue weighted by Gasteiger charge is 2.23. The van der Waals surface area contributed by atoms with Crippen LogP contribution in [0.4, 0.5) is 0 Å². The number of primary amides is 1. The number of hydrogen-bond acceptors (Lipinski definition) is 4. The number of halogens is 1. The van der Waals surface area contributed by atoms with E-state index in [1.54, 1.807) is 6.07 Å². The van der Waals surface area contributed by atoms with Crippen molar-refractivity contribution in [3.8, 4) is 5.75 Å². The van der Waals surface area contributed by atoms with E-state index in [2.05, 4.69) is 21.2 Å². The number of carboxylic acid groups (broad SMARTS) is 1. The molecule has 0 aliphatic rings. The maximum Gasteiger partial charge on any atom is 0.326 e. The van der Waals surface area contributed by atoms with E-state index in [0.717, 1.165) is 0 Å². The minimum Gasteiger partial charge on any atom is -0.496 e. The van der Waals surface area contributed by atoms with Gasteiger partial charge in [0, 0.05) is 5.56 Å². The van der Waals surface area contributed by atoms with E-state index < -0.39 is 30.2 Å². The predicted octanol–water partition coefficient (Wildman–Crippen LogP) is 0.516. The molecular formula is C12H13BrN2O5. The lowest BCUT2D eigenvalue weighted by atomic mass is 10.1. The van der Waals surface area contributed by atoms with Gasteiger partial charge in [-0.1, -0.05) is 0 Å². The summed E-state index contributed by atoms with van der Waals surface area (Å²) in [7, 11) is 1.48. The Bertz CT molecular complexity index is 547. The summed E-state index contributed by atoms with van der Waals surface area (Å²) in [5, 5.41) is 11.1. The quantitative estimate of drug-likeness (QED) is 0.694. The van der Waals surface area contributed by atoms with Crippen LogP contribution in [-0.2, 0) is 9.59 Å². The number of nitrogens with one attached hydrogen (secondary N) is 1. The molecule has 1 aromatic rings. The zero-order chi connectivity index (χ0) is 15.3. The lowest BCUT2D eigenvalue weighted by Crippen LogP contribution is -2.43. The summed E-state index contributed by atoms with van der Waals surface area (Å²) in [5.41, 5.74) is 5.16. The van der Waals surface area contributed by atoms with Gasteiger partial charge in [0.2, 0.25) is 5.91 Å². The smallest absolute Gasteiger partial charge is 0.326 e. The number of carboxylic acids is 1. The third kappa shape index (κ3) is 4.23. The fraction of sp³-hybridized carbons (Fsp3) is 0.250. The Morgan fingerprint density at radius 1 is 1.45 bits per heavy atom. The van der Waals surface area contributed by atoms with E-state index in [0.29, 0.717) is 10.2 Å². The summed E-state index contributed by atoms with van der Waals surface area (Å²) in [6.07, 6.45) is -0.474. The number of rotatable bonds is 6. The normalized spacial score (nSPS) is 11.5. The molecule has 108 valence electrons. The first-order valence-electron chi connectivity index (χ1n) is 5.50. The molecule has 0 saturated heterocycles. The van der Waals surface area contributed by atoms with Gasteiger partial charge >= 0.3 is 5.97 Å². The van der Waals surface area contributed by atoms with Gasteiger partial charge in [-0.05, 0) is 34.1 Å². The highest BCUT2D eigenvalue weighted by atomic mass is 79.9. The molecule has 0 fully saturated rings. The molecule has 1 atom stereocenters. The van der Waals surface area contributed by atoms with E-state index in [1.165, 1.54) is 19.2 Å². The van der Waals surface area contributed by atoms with Crippen molar-refractivity contribution in [1.82, 2.24) is 5.32 Å². The van der Waals surface area contributed by atoms with Crippen molar-refractivity contribution in [3.05, 3.63) is 28.2 Å². The number of aliphatic carboxylic acids is 1. The first kappa shape index (κ1) is 16.0. The van der Waals surface area contributed by atoms with Gasteiger partial charge in [-0.3, -0.25) is 9.59 Å². The summed E-state index contributed by atoms with van der Waals surface area (Å²) in [6.45, 7) is 0. The van der Waals surface area contributed by atoms with E-state index in [-0.39, 0.29) is 5.56 Å². The van der Waals surface area contributed by atoms with Gasteiger partial charge < -0.3 is 20.9 Å². The number of hydrogen-bond donors (Lipinski definition) is 3. The Hall–Kier alpha value is -2.09. The number of carbonyl (C=O) groups excluding carboxylic acids is 2. The molecule has 7 nitrogen and oxygen atoms in total. The molecule has 0 radical (unpaired) electrons. The maximum absolute atomic E-state index is 11.9. The first-order valence-corrected chi connectivity index (χ1v) is 6.30. The SMILES string of the molecule is COc1ccc(C(=O)N[C@H](CC(N)=O)C(=O)O)cc1Br.